The van der Waals surface area contributed by atoms with E-state index in [1.54, 1.807) is 13.0 Å². The Balaban J connectivity index is 1.69. The quantitative estimate of drug-likeness (QED) is 0.710. The molecular weight excluding hydrogens is 439 g/mol. The molecule has 0 aliphatic carbocycles. The minimum Gasteiger partial charge on any atom is -0.325 e. The van der Waals surface area contributed by atoms with E-state index in [0.29, 0.717) is 11.4 Å². The maximum absolute atomic E-state index is 13.7. The first-order chi connectivity index (χ1) is 13.7. The number of fused-ring (bicyclic) bond motifs is 1. The molecule has 10 heteroatoms. The van der Waals surface area contributed by atoms with Gasteiger partial charge in [-0.1, -0.05) is 18.5 Å². The van der Waals surface area contributed by atoms with Crippen molar-refractivity contribution in [1.29, 1.82) is 0 Å². The van der Waals surface area contributed by atoms with Crippen LogP contribution in [0.2, 0.25) is 5.02 Å². The van der Waals surface area contributed by atoms with Gasteiger partial charge in [-0.2, -0.15) is 0 Å². The topological polar surface area (TPSA) is 92.3 Å². The van der Waals surface area contributed by atoms with E-state index < -0.39 is 27.3 Å². The molecule has 0 aromatic heterocycles. The number of thioether (sulfide) groups is 1. The van der Waals surface area contributed by atoms with Crippen molar-refractivity contribution in [2.45, 2.75) is 23.1 Å². The summed E-state index contributed by atoms with van der Waals surface area (Å²) in [6, 6.07) is 8.29. The Labute approximate surface area is 177 Å². The number of hydrogen-bond acceptors (Lipinski definition) is 5. The smallest absolute Gasteiger partial charge is 0.228 e. The van der Waals surface area contributed by atoms with Crippen molar-refractivity contribution in [3.8, 4) is 0 Å². The Hall–Kier alpha value is -2.10. The molecule has 1 heterocycles. The van der Waals surface area contributed by atoms with Crippen LogP contribution in [0, 0.1) is 11.7 Å². The van der Waals surface area contributed by atoms with Crippen LogP contribution in [0.4, 0.5) is 15.8 Å². The molecule has 0 saturated carbocycles. The third-order valence-electron chi connectivity index (χ3n) is 4.31. The van der Waals surface area contributed by atoms with Gasteiger partial charge in [0, 0.05) is 28.0 Å². The first kappa shape index (κ1) is 21.6. The molecule has 29 heavy (non-hydrogen) atoms. The third-order valence-corrected chi connectivity index (χ3v) is 7.59. The van der Waals surface area contributed by atoms with Crippen LogP contribution < -0.4 is 10.6 Å². The van der Waals surface area contributed by atoms with Crippen molar-refractivity contribution in [1.82, 2.24) is 0 Å². The van der Waals surface area contributed by atoms with E-state index in [1.807, 2.05) is 0 Å². The zero-order valence-electron chi connectivity index (χ0n) is 15.4. The highest BCUT2D eigenvalue weighted by Gasteiger charge is 2.23. The average Bonchev–Trinajstić information content (AvgIpc) is 2.80. The van der Waals surface area contributed by atoms with Crippen LogP contribution in [0.3, 0.4) is 0 Å². The van der Waals surface area contributed by atoms with E-state index in [4.69, 9.17) is 11.6 Å². The van der Waals surface area contributed by atoms with Gasteiger partial charge >= 0.3 is 0 Å². The molecule has 0 fully saturated rings. The summed E-state index contributed by atoms with van der Waals surface area (Å²) in [4.78, 5) is 24.9. The molecule has 2 amide bonds. The molecule has 1 atom stereocenters. The average molecular weight is 457 g/mol. The maximum atomic E-state index is 13.7. The lowest BCUT2D eigenvalue weighted by Gasteiger charge is -2.10. The van der Waals surface area contributed by atoms with E-state index in [9.17, 15) is 22.4 Å². The summed E-state index contributed by atoms with van der Waals surface area (Å²) < 4.78 is 39.0. The van der Waals surface area contributed by atoms with Gasteiger partial charge in [0.1, 0.15) is 5.82 Å². The molecule has 2 N–H and O–H groups in total. The lowest BCUT2D eigenvalue weighted by Crippen LogP contribution is -2.20. The summed E-state index contributed by atoms with van der Waals surface area (Å²) in [6.45, 7) is 1.80. The van der Waals surface area contributed by atoms with E-state index in [-0.39, 0.29) is 33.9 Å². The molecule has 2 aromatic carbocycles. The van der Waals surface area contributed by atoms with E-state index in [2.05, 4.69) is 10.6 Å². The minimum atomic E-state index is -3.78. The van der Waals surface area contributed by atoms with Crippen LogP contribution in [0.25, 0.3) is 0 Å². The first-order valence-corrected chi connectivity index (χ1v) is 11.7. The largest absolute Gasteiger partial charge is 0.325 e. The van der Waals surface area contributed by atoms with Gasteiger partial charge in [0.15, 0.2) is 9.84 Å². The second-order valence-electron chi connectivity index (χ2n) is 6.60. The van der Waals surface area contributed by atoms with Crippen molar-refractivity contribution in [2.75, 3.05) is 22.1 Å². The number of halogens is 2. The molecule has 0 radical (unpaired) electrons. The van der Waals surface area contributed by atoms with Crippen LogP contribution in [-0.4, -0.2) is 31.7 Å². The van der Waals surface area contributed by atoms with Crippen LogP contribution in [0.15, 0.2) is 46.2 Å². The molecular formula is C19H18ClFN2O4S2. The summed E-state index contributed by atoms with van der Waals surface area (Å²) in [5, 5.41) is 5.26. The number of anilines is 2. The number of sulfone groups is 1. The van der Waals surface area contributed by atoms with Crippen LogP contribution >= 0.6 is 23.4 Å². The summed E-state index contributed by atoms with van der Waals surface area (Å²) in [6.07, 6.45) is -0.348. The number of carbonyl (C=O) groups excluding carboxylic acids is 2. The minimum absolute atomic E-state index is 0.0113. The Bertz CT molecular complexity index is 1080. The first-order valence-electron chi connectivity index (χ1n) is 8.71. The lowest BCUT2D eigenvalue weighted by molar-refractivity contribution is -0.118. The van der Waals surface area contributed by atoms with Gasteiger partial charge in [-0.25, -0.2) is 12.8 Å². The fourth-order valence-electron chi connectivity index (χ4n) is 2.62. The number of rotatable bonds is 5. The van der Waals surface area contributed by atoms with E-state index in [0.717, 1.165) is 11.0 Å². The Morgan fingerprint density at radius 1 is 1.31 bits per heavy atom. The maximum Gasteiger partial charge on any atom is 0.228 e. The molecule has 1 aliphatic rings. The van der Waals surface area contributed by atoms with E-state index in [1.165, 1.54) is 36.0 Å². The monoisotopic (exact) mass is 456 g/mol. The van der Waals surface area contributed by atoms with Crippen LogP contribution in [-0.2, 0) is 19.4 Å². The fraction of sp³-hybridized carbons (Fsp3) is 0.263. The van der Waals surface area contributed by atoms with Gasteiger partial charge in [-0.05, 0) is 36.4 Å². The standard InChI is InChI=1S/C19H18ClFN2O4S2/c1-11-10-28-17-5-3-13(9-16(17)23-19(11)25)29(26,27)7-6-18(24)22-15-4-2-12(20)8-14(15)21/h2-5,8-9,11H,6-7,10H2,1H3,(H,22,24)(H,23,25)/t11-/m1/s1. The Morgan fingerprint density at radius 2 is 2.07 bits per heavy atom. The molecule has 0 saturated heterocycles. The van der Waals surface area contributed by atoms with Gasteiger partial charge in [0.2, 0.25) is 11.8 Å². The van der Waals surface area contributed by atoms with Crippen LogP contribution in [0.1, 0.15) is 13.3 Å². The Kier molecular flexibility index (Phi) is 6.50. The van der Waals surface area contributed by atoms with Gasteiger partial charge < -0.3 is 10.6 Å². The highest BCUT2D eigenvalue weighted by atomic mass is 35.5. The number of carbonyl (C=O) groups is 2. The predicted molar refractivity (Wildman–Crippen MR) is 112 cm³/mol. The SMILES string of the molecule is C[C@@H]1CSc2ccc(S(=O)(=O)CCC(=O)Nc3ccc(Cl)cc3F)cc2NC1=O. The molecule has 1 aliphatic heterocycles. The summed E-state index contributed by atoms with van der Waals surface area (Å²) in [5.74, 6) is -1.56. The normalized spacial score (nSPS) is 16.5. The van der Waals surface area contributed by atoms with Crippen LogP contribution in [0.5, 0.6) is 0 Å². The van der Waals surface area contributed by atoms with Gasteiger partial charge in [0.25, 0.3) is 0 Å². The molecule has 2 aromatic rings. The Morgan fingerprint density at radius 3 is 2.79 bits per heavy atom. The van der Waals surface area contributed by atoms with Gasteiger partial charge in [-0.3, -0.25) is 9.59 Å². The second-order valence-corrected chi connectivity index (χ2v) is 10.2. The lowest BCUT2D eigenvalue weighted by atomic mass is 10.2. The highest BCUT2D eigenvalue weighted by Crippen LogP contribution is 2.34. The third kappa shape index (κ3) is 5.29. The predicted octanol–water partition coefficient (Wildman–Crippen LogP) is 3.96. The number of nitrogens with one attached hydrogen (secondary N) is 2. The highest BCUT2D eigenvalue weighted by molar-refractivity contribution is 7.99. The molecule has 154 valence electrons. The second kappa shape index (κ2) is 8.73. The molecule has 0 spiro atoms. The number of benzene rings is 2. The van der Waals surface area contributed by atoms with Crippen molar-refractivity contribution in [3.63, 3.8) is 0 Å². The summed E-state index contributed by atoms with van der Waals surface area (Å²) in [5.41, 5.74) is 0.369. The van der Waals surface area contributed by atoms with E-state index >= 15 is 0 Å². The van der Waals surface area contributed by atoms with Crippen molar-refractivity contribution >= 4 is 56.4 Å². The van der Waals surface area contributed by atoms with Crippen molar-refractivity contribution in [2.24, 2.45) is 5.92 Å². The molecule has 6 nitrogen and oxygen atoms in total. The zero-order valence-corrected chi connectivity index (χ0v) is 17.8. The van der Waals surface area contributed by atoms with Gasteiger partial charge in [0.05, 0.1) is 22.0 Å². The van der Waals surface area contributed by atoms with Crippen molar-refractivity contribution < 1.29 is 22.4 Å². The number of hydrogen-bond donors (Lipinski definition) is 2. The molecule has 0 unspecified atom stereocenters. The zero-order chi connectivity index (χ0) is 21.2. The number of amides is 2. The summed E-state index contributed by atoms with van der Waals surface area (Å²) in [7, 11) is -3.78. The summed E-state index contributed by atoms with van der Waals surface area (Å²) >= 11 is 7.14. The van der Waals surface area contributed by atoms with Gasteiger partial charge in [-0.15, -0.1) is 11.8 Å². The molecule has 0 bridgehead atoms. The molecule has 3 rings (SSSR count). The van der Waals surface area contributed by atoms with Crippen molar-refractivity contribution in [3.05, 3.63) is 47.2 Å². The fourth-order valence-corrected chi connectivity index (χ4v) is 5.05.